The Bertz CT molecular complexity index is 1020. The molecule has 0 spiro atoms. The van der Waals surface area contributed by atoms with Crippen molar-refractivity contribution in [3.8, 4) is 5.75 Å². The van der Waals surface area contributed by atoms with Gasteiger partial charge in [0.1, 0.15) is 17.4 Å². The molecule has 0 fully saturated rings. The molecule has 1 N–H and O–H groups in total. The number of carbonyl (C=O) groups is 1. The maximum Gasteiger partial charge on any atom is 0.244 e. The molecule has 30 heavy (non-hydrogen) atoms. The van der Waals surface area contributed by atoms with E-state index in [4.69, 9.17) is 4.74 Å². The summed E-state index contributed by atoms with van der Waals surface area (Å²) in [4.78, 5) is 13.3. The molecule has 162 valence electrons. The first kappa shape index (κ1) is 22.2. The van der Waals surface area contributed by atoms with Crippen LogP contribution in [-0.4, -0.2) is 32.2 Å². The Morgan fingerprint density at radius 2 is 1.90 bits per heavy atom. The molecule has 0 bridgehead atoms. The van der Waals surface area contributed by atoms with E-state index < -0.39 is 21.7 Å². The number of hydrogen-bond donors (Lipinski definition) is 1. The summed E-state index contributed by atoms with van der Waals surface area (Å²) in [6, 6.07) is 13.6. The minimum atomic E-state index is -3.66. The Balaban J connectivity index is 1.93. The fraction of sp³-hybridized carbons (Fsp3) is 0.435. The lowest BCUT2D eigenvalue weighted by molar-refractivity contribution is -0.123. The molecule has 2 unspecified atom stereocenters. The minimum Gasteiger partial charge on any atom is -0.487 e. The van der Waals surface area contributed by atoms with Gasteiger partial charge in [-0.2, -0.15) is 0 Å². The van der Waals surface area contributed by atoms with Crippen LogP contribution in [0.1, 0.15) is 50.8 Å². The molecule has 1 amide bonds. The highest BCUT2D eigenvalue weighted by Crippen LogP contribution is 2.40. The number of fused-ring (bicyclic) bond motifs is 1. The summed E-state index contributed by atoms with van der Waals surface area (Å²) in [6.07, 6.45) is 2.07. The molecular formula is C23H30N2O4S. The number of hydrogen-bond acceptors (Lipinski definition) is 4. The van der Waals surface area contributed by atoms with E-state index in [0.29, 0.717) is 18.5 Å². The molecule has 1 heterocycles. The number of sulfonamides is 1. The van der Waals surface area contributed by atoms with E-state index in [-0.39, 0.29) is 11.9 Å². The quantitative estimate of drug-likeness (QED) is 0.753. The van der Waals surface area contributed by atoms with Crippen molar-refractivity contribution < 1.29 is 17.9 Å². The molecule has 1 aliphatic heterocycles. The van der Waals surface area contributed by atoms with Crippen LogP contribution < -0.4 is 14.4 Å². The van der Waals surface area contributed by atoms with Crippen LogP contribution in [0.2, 0.25) is 0 Å². The highest BCUT2D eigenvalue weighted by atomic mass is 32.2. The van der Waals surface area contributed by atoms with Gasteiger partial charge in [-0.25, -0.2) is 8.42 Å². The van der Waals surface area contributed by atoms with Gasteiger partial charge in [0.25, 0.3) is 0 Å². The van der Waals surface area contributed by atoms with E-state index in [1.165, 1.54) is 4.31 Å². The topological polar surface area (TPSA) is 75.7 Å². The van der Waals surface area contributed by atoms with Gasteiger partial charge in [-0.3, -0.25) is 9.10 Å². The summed E-state index contributed by atoms with van der Waals surface area (Å²) in [5.74, 6) is 0.439. The van der Waals surface area contributed by atoms with Crippen molar-refractivity contribution in [1.29, 1.82) is 0 Å². The Kier molecular flexibility index (Phi) is 6.13. The summed E-state index contributed by atoms with van der Waals surface area (Å²) in [5, 5.41) is 3.10. The number of aryl methyl sites for hydroxylation is 1. The molecule has 2 atom stereocenters. The van der Waals surface area contributed by atoms with Gasteiger partial charge in [0, 0.05) is 12.0 Å². The van der Waals surface area contributed by atoms with Crippen molar-refractivity contribution in [3.63, 3.8) is 0 Å². The van der Waals surface area contributed by atoms with E-state index in [2.05, 4.69) is 5.32 Å². The third-order valence-corrected chi connectivity index (χ3v) is 6.46. The molecule has 6 nitrogen and oxygen atoms in total. The van der Waals surface area contributed by atoms with Crippen molar-refractivity contribution in [2.45, 2.75) is 58.2 Å². The first-order valence-electron chi connectivity index (χ1n) is 10.2. The Morgan fingerprint density at radius 3 is 2.50 bits per heavy atom. The molecule has 0 radical (unpaired) electrons. The number of amides is 1. The third-order valence-electron chi connectivity index (χ3n) is 5.28. The molecule has 2 aromatic rings. The fourth-order valence-corrected chi connectivity index (χ4v) is 5.20. The van der Waals surface area contributed by atoms with Gasteiger partial charge in [-0.1, -0.05) is 37.3 Å². The molecule has 0 aromatic heterocycles. The van der Waals surface area contributed by atoms with Gasteiger partial charge in [-0.05, 0) is 51.0 Å². The zero-order valence-corrected chi connectivity index (χ0v) is 19.0. The van der Waals surface area contributed by atoms with Crippen LogP contribution in [0.3, 0.4) is 0 Å². The highest BCUT2D eigenvalue weighted by Gasteiger charge is 2.37. The van der Waals surface area contributed by atoms with Crippen LogP contribution in [-0.2, 0) is 14.8 Å². The number of ether oxygens (including phenoxy) is 1. The maximum absolute atomic E-state index is 13.3. The molecule has 1 aliphatic rings. The van der Waals surface area contributed by atoms with Crippen molar-refractivity contribution in [3.05, 3.63) is 59.7 Å². The minimum absolute atomic E-state index is 0.261. The van der Waals surface area contributed by atoms with E-state index in [1.54, 1.807) is 24.3 Å². The summed E-state index contributed by atoms with van der Waals surface area (Å²) >= 11 is 0. The maximum atomic E-state index is 13.3. The van der Waals surface area contributed by atoms with E-state index in [1.807, 2.05) is 52.0 Å². The molecular weight excluding hydrogens is 400 g/mol. The van der Waals surface area contributed by atoms with Crippen LogP contribution in [0.15, 0.2) is 48.5 Å². The lowest BCUT2D eigenvalue weighted by Crippen LogP contribution is -2.51. The van der Waals surface area contributed by atoms with Crippen molar-refractivity contribution in [1.82, 2.24) is 5.32 Å². The Hall–Kier alpha value is -2.54. The second kappa shape index (κ2) is 8.30. The SMILES string of the molecule is CCC(C(=O)NC1CC(C)(C)Oc2cc(C)ccc21)N(c1ccccc1)S(C)(=O)=O. The van der Waals surface area contributed by atoms with Crippen LogP contribution in [0, 0.1) is 6.92 Å². The summed E-state index contributed by atoms with van der Waals surface area (Å²) in [7, 11) is -3.66. The van der Waals surface area contributed by atoms with Gasteiger partial charge < -0.3 is 10.1 Å². The van der Waals surface area contributed by atoms with Crippen LogP contribution in [0.4, 0.5) is 5.69 Å². The average Bonchev–Trinajstić information content (AvgIpc) is 2.64. The first-order valence-corrected chi connectivity index (χ1v) is 12.0. The molecule has 7 heteroatoms. The lowest BCUT2D eigenvalue weighted by Gasteiger charge is -2.39. The van der Waals surface area contributed by atoms with E-state index >= 15 is 0 Å². The second-order valence-corrected chi connectivity index (χ2v) is 10.3. The normalized spacial score (nSPS) is 18.6. The summed E-state index contributed by atoms with van der Waals surface area (Å²) in [5.41, 5.74) is 2.02. The van der Waals surface area contributed by atoms with Crippen LogP contribution >= 0.6 is 0 Å². The van der Waals surface area contributed by atoms with Crippen molar-refractivity contribution >= 4 is 21.6 Å². The zero-order chi connectivity index (χ0) is 22.1. The highest BCUT2D eigenvalue weighted by molar-refractivity contribution is 7.92. The second-order valence-electron chi connectivity index (χ2n) is 8.49. The van der Waals surface area contributed by atoms with Gasteiger partial charge in [0.05, 0.1) is 18.0 Å². The number of benzene rings is 2. The summed E-state index contributed by atoms with van der Waals surface area (Å²) < 4.78 is 32.5. The number of anilines is 1. The summed E-state index contributed by atoms with van der Waals surface area (Å²) in [6.45, 7) is 7.79. The third kappa shape index (κ3) is 4.78. The monoisotopic (exact) mass is 430 g/mol. The van der Waals surface area contributed by atoms with Gasteiger partial charge in [-0.15, -0.1) is 0 Å². The number of rotatable bonds is 6. The van der Waals surface area contributed by atoms with Gasteiger partial charge in [0.2, 0.25) is 15.9 Å². The molecule has 3 rings (SSSR count). The van der Waals surface area contributed by atoms with Crippen molar-refractivity contribution in [2.75, 3.05) is 10.6 Å². The molecule has 0 aliphatic carbocycles. The molecule has 2 aromatic carbocycles. The predicted molar refractivity (Wildman–Crippen MR) is 119 cm³/mol. The molecule has 0 saturated carbocycles. The Labute approximate surface area is 179 Å². The largest absolute Gasteiger partial charge is 0.487 e. The van der Waals surface area contributed by atoms with Crippen LogP contribution in [0.5, 0.6) is 5.75 Å². The standard InChI is InChI=1S/C23H30N2O4S/c1-6-20(25(30(5,27)28)17-10-8-7-9-11-17)22(26)24-19-15-23(3,4)29-21-14-16(2)12-13-18(19)21/h7-14,19-20H,6,15H2,1-5H3,(H,24,26). The fourth-order valence-electron chi connectivity index (χ4n) is 3.99. The first-order chi connectivity index (χ1) is 14.0. The number of nitrogens with zero attached hydrogens (tertiary/aromatic N) is 1. The predicted octanol–water partition coefficient (Wildman–Crippen LogP) is 3.96. The van der Waals surface area contributed by atoms with Gasteiger partial charge >= 0.3 is 0 Å². The van der Waals surface area contributed by atoms with E-state index in [9.17, 15) is 13.2 Å². The average molecular weight is 431 g/mol. The number of nitrogens with one attached hydrogen (secondary N) is 1. The number of para-hydroxylation sites is 1. The lowest BCUT2D eigenvalue weighted by atomic mass is 9.89. The smallest absolute Gasteiger partial charge is 0.244 e. The van der Waals surface area contributed by atoms with Gasteiger partial charge in [0.15, 0.2) is 0 Å². The Morgan fingerprint density at radius 1 is 1.23 bits per heavy atom. The zero-order valence-electron chi connectivity index (χ0n) is 18.2. The van der Waals surface area contributed by atoms with Crippen molar-refractivity contribution in [2.24, 2.45) is 0 Å². The molecule has 0 saturated heterocycles. The van der Waals surface area contributed by atoms with E-state index in [0.717, 1.165) is 23.1 Å². The van der Waals surface area contributed by atoms with Crippen LogP contribution in [0.25, 0.3) is 0 Å². The number of carbonyl (C=O) groups excluding carboxylic acids is 1.